The van der Waals surface area contributed by atoms with Crippen molar-refractivity contribution in [2.24, 2.45) is 23.7 Å². The van der Waals surface area contributed by atoms with Crippen LogP contribution in [-0.4, -0.2) is 31.3 Å². The zero-order valence-electron chi connectivity index (χ0n) is 17.5. The first kappa shape index (κ1) is 19.4. The third-order valence-corrected chi connectivity index (χ3v) is 8.30. The van der Waals surface area contributed by atoms with Crippen molar-refractivity contribution in [2.75, 3.05) is 19.7 Å². The lowest BCUT2D eigenvalue weighted by atomic mass is 9.50. The van der Waals surface area contributed by atoms with Gasteiger partial charge < -0.3 is 19.3 Å². The number of quaternary nitrogens is 1. The van der Waals surface area contributed by atoms with E-state index < -0.39 is 0 Å². The van der Waals surface area contributed by atoms with E-state index in [1.165, 1.54) is 32.1 Å². The van der Waals surface area contributed by atoms with Crippen LogP contribution in [0.4, 0.5) is 5.69 Å². The summed E-state index contributed by atoms with van der Waals surface area (Å²) in [5.74, 6) is 3.08. The Morgan fingerprint density at radius 3 is 2.17 bits per heavy atom. The van der Waals surface area contributed by atoms with E-state index in [1.807, 2.05) is 12.1 Å². The Bertz CT molecular complexity index is 725. The summed E-state index contributed by atoms with van der Waals surface area (Å²) in [4.78, 5) is 12.6. The second-order valence-electron chi connectivity index (χ2n) is 10.1. The highest BCUT2D eigenvalue weighted by atomic mass is 16.6. The summed E-state index contributed by atoms with van der Waals surface area (Å²) in [5.41, 5.74) is 0.464. The average molecular weight is 400 g/mol. The van der Waals surface area contributed by atoms with Crippen LogP contribution in [0.1, 0.15) is 58.3 Å². The van der Waals surface area contributed by atoms with Crippen LogP contribution in [0.5, 0.6) is 5.75 Å². The molecule has 4 aliphatic carbocycles. The molecule has 4 saturated carbocycles. The molecule has 0 aromatic heterocycles. The van der Waals surface area contributed by atoms with Crippen LogP contribution in [0, 0.1) is 28.9 Å². The molecule has 5 fully saturated rings. The minimum absolute atomic E-state index is 0.0708. The molecule has 0 radical (unpaired) electrons. The molecular formula is C24H33NO4. The maximum Gasteiger partial charge on any atom is 0.344 e. The standard InChI is InChI=1S/C24H33NO4/c1-24(19-12-17-11-18(14-19)15-20(24)13-17)29-23(26)16-28-22-7-5-21(6-8-22)25(27)9-3-2-4-10-25/h5-8,17-20H,2-4,9-16H2,1H3. The summed E-state index contributed by atoms with van der Waals surface area (Å²) in [6.45, 7) is 3.38. The third kappa shape index (κ3) is 3.57. The van der Waals surface area contributed by atoms with E-state index in [2.05, 4.69) is 6.92 Å². The number of benzene rings is 1. The van der Waals surface area contributed by atoms with Crippen molar-refractivity contribution >= 4 is 11.7 Å². The zero-order chi connectivity index (χ0) is 20.1. The maximum absolute atomic E-state index is 12.9. The van der Waals surface area contributed by atoms with Crippen LogP contribution in [0.2, 0.25) is 0 Å². The average Bonchev–Trinajstić information content (AvgIpc) is 2.71. The van der Waals surface area contributed by atoms with Gasteiger partial charge in [-0.05, 0) is 94.1 Å². The van der Waals surface area contributed by atoms with Gasteiger partial charge in [-0.2, -0.15) is 0 Å². The second kappa shape index (κ2) is 7.28. The number of rotatable bonds is 5. The van der Waals surface area contributed by atoms with Crippen LogP contribution < -0.4 is 9.38 Å². The van der Waals surface area contributed by atoms with E-state index in [-0.39, 0.29) is 22.8 Å². The molecule has 0 spiro atoms. The van der Waals surface area contributed by atoms with Crippen molar-refractivity contribution in [3.63, 3.8) is 0 Å². The van der Waals surface area contributed by atoms with Gasteiger partial charge in [0.15, 0.2) is 6.61 Å². The first-order valence-corrected chi connectivity index (χ1v) is 11.5. The fraction of sp³-hybridized carbons (Fsp3) is 0.708. The van der Waals surface area contributed by atoms with Crippen molar-refractivity contribution in [3.05, 3.63) is 29.5 Å². The number of esters is 1. The van der Waals surface area contributed by atoms with E-state index in [0.717, 1.165) is 36.8 Å². The van der Waals surface area contributed by atoms with Crippen LogP contribution in [0.15, 0.2) is 24.3 Å². The van der Waals surface area contributed by atoms with Crippen molar-refractivity contribution in [3.8, 4) is 5.75 Å². The Morgan fingerprint density at radius 2 is 1.59 bits per heavy atom. The molecule has 29 heavy (non-hydrogen) atoms. The number of nitrogens with zero attached hydrogens (tertiary/aromatic N) is 1. The predicted octanol–water partition coefficient (Wildman–Crippen LogP) is 4.81. The lowest BCUT2D eigenvalue weighted by Gasteiger charge is -2.59. The Kier molecular flexibility index (Phi) is 4.86. The number of carbonyl (C=O) groups is 1. The third-order valence-electron chi connectivity index (χ3n) is 8.30. The van der Waals surface area contributed by atoms with Gasteiger partial charge in [-0.1, -0.05) is 0 Å². The normalized spacial score (nSPS) is 37.3. The molecule has 1 aliphatic heterocycles. The smallest absolute Gasteiger partial charge is 0.344 e. The Labute approximate surface area is 173 Å². The molecule has 0 amide bonds. The number of carbonyl (C=O) groups excluding carboxylic acids is 1. The first-order valence-electron chi connectivity index (χ1n) is 11.5. The molecule has 0 N–H and O–H groups in total. The Hall–Kier alpha value is -1.59. The van der Waals surface area contributed by atoms with E-state index in [4.69, 9.17) is 9.47 Å². The molecule has 5 aliphatic rings. The lowest BCUT2D eigenvalue weighted by molar-refractivity contribution is -0.204. The first-order chi connectivity index (χ1) is 13.9. The lowest BCUT2D eigenvalue weighted by Crippen LogP contribution is -2.58. The number of ether oxygens (including phenoxy) is 2. The summed E-state index contributed by atoms with van der Waals surface area (Å²) in [6, 6.07) is 7.30. The summed E-state index contributed by atoms with van der Waals surface area (Å²) in [7, 11) is 0. The fourth-order valence-electron chi connectivity index (χ4n) is 6.80. The second-order valence-corrected chi connectivity index (χ2v) is 10.1. The van der Waals surface area contributed by atoms with Gasteiger partial charge in [0.1, 0.15) is 17.0 Å². The van der Waals surface area contributed by atoms with Crippen LogP contribution in [0.25, 0.3) is 0 Å². The molecule has 4 bridgehead atoms. The summed E-state index contributed by atoms with van der Waals surface area (Å²) < 4.78 is 11.5. The molecule has 5 nitrogen and oxygen atoms in total. The van der Waals surface area contributed by atoms with E-state index in [9.17, 15) is 10.0 Å². The van der Waals surface area contributed by atoms with Gasteiger partial charge in [-0.3, -0.25) is 0 Å². The number of hydrogen-bond acceptors (Lipinski definition) is 4. The van der Waals surface area contributed by atoms with Gasteiger partial charge in [0.05, 0.1) is 13.1 Å². The highest BCUT2D eigenvalue weighted by molar-refractivity contribution is 5.71. The van der Waals surface area contributed by atoms with Crippen molar-refractivity contribution in [2.45, 2.75) is 63.9 Å². The number of hydroxylamine groups is 2. The number of hydrogen-bond donors (Lipinski definition) is 0. The Morgan fingerprint density at radius 1 is 1.00 bits per heavy atom. The summed E-state index contributed by atoms with van der Waals surface area (Å²) in [5, 5.41) is 12.9. The largest absolute Gasteiger partial charge is 0.627 e. The molecule has 5 heteroatoms. The van der Waals surface area contributed by atoms with Crippen molar-refractivity contribution < 1.29 is 14.3 Å². The van der Waals surface area contributed by atoms with Gasteiger partial charge in [0.2, 0.25) is 0 Å². The molecule has 0 unspecified atom stereocenters. The highest BCUT2D eigenvalue weighted by Crippen LogP contribution is 2.59. The van der Waals surface area contributed by atoms with Gasteiger partial charge >= 0.3 is 5.97 Å². The quantitative estimate of drug-likeness (QED) is 0.405. The van der Waals surface area contributed by atoms with E-state index in [1.54, 1.807) is 12.1 Å². The Balaban J connectivity index is 1.17. The molecular weight excluding hydrogens is 366 g/mol. The van der Waals surface area contributed by atoms with Crippen molar-refractivity contribution in [1.82, 2.24) is 4.65 Å². The topological polar surface area (TPSA) is 58.6 Å². The SMILES string of the molecule is CC1(OC(=O)COc2ccc([N+]3([O-])CCCCC3)cc2)C2CC3CC(C2)CC1C3. The van der Waals surface area contributed by atoms with E-state index >= 15 is 0 Å². The molecule has 158 valence electrons. The number of piperidine rings is 1. The highest BCUT2D eigenvalue weighted by Gasteiger charge is 2.57. The van der Waals surface area contributed by atoms with E-state index in [0.29, 0.717) is 30.7 Å². The van der Waals surface area contributed by atoms with Gasteiger partial charge in [0, 0.05) is 12.1 Å². The maximum atomic E-state index is 12.9. The van der Waals surface area contributed by atoms with Gasteiger partial charge in [-0.15, -0.1) is 0 Å². The minimum Gasteiger partial charge on any atom is -0.627 e. The summed E-state index contributed by atoms with van der Waals surface area (Å²) in [6.07, 6.45) is 9.36. The molecule has 1 heterocycles. The molecule has 1 aromatic rings. The van der Waals surface area contributed by atoms with Gasteiger partial charge in [-0.25, -0.2) is 4.79 Å². The fourth-order valence-corrected chi connectivity index (χ4v) is 6.80. The van der Waals surface area contributed by atoms with Gasteiger partial charge in [0.25, 0.3) is 0 Å². The zero-order valence-corrected chi connectivity index (χ0v) is 17.5. The van der Waals surface area contributed by atoms with Crippen LogP contribution >= 0.6 is 0 Å². The molecule has 0 atom stereocenters. The van der Waals surface area contributed by atoms with Crippen molar-refractivity contribution in [1.29, 1.82) is 0 Å². The monoisotopic (exact) mass is 399 g/mol. The summed E-state index contributed by atoms with van der Waals surface area (Å²) >= 11 is 0. The molecule has 1 saturated heterocycles. The van der Waals surface area contributed by atoms with Crippen LogP contribution in [0.3, 0.4) is 0 Å². The predicted molar refractivity (Wildman–Crippen MR) is 112 cm³/mol. The van der Waals surface area contributed by atoms with Crippen LogP contribution in [-0.2, 0) is 9.53 Å². The molecule has 1 aromatic carbocycles. The molecule has 6 rings (SSSR count). The minimum atomic E-state index is -0.314.